The molecular weight excluding hydrogens is 338 g/mol. The highest BCUT2D eigenvalue weighted by Crippen LogP contribution is 2.32. The number of hydrogen-bond acceptors (Lipinski definition) is 2. The van der Waals surface area contributed by atoms with Gasteiger partial charge in [-0.05, 0) is 24.3 Å². The molecular formula is C14H10Cl3FN2O. The van der Waals surface area contributed by atoms with Gasteiger partial charge in [-0.25, -0.2) is 4.39 Å². The van der Waals surface area contributed by atoms with Crippen molar-refractivity contribution in [2.24, 2.45) is 5.73 Å². The molecule has 0 unspecified atom stereocenters. The number of benzene rings is 2. The summed E-state index contributed by atoms with van der Waals surface area (Å²) >= 11 is 17.7. The van der Waals surface area contributed by atoms with Gasteiger partial charge in [-0.1, -0.05) is 40.9 Å². The third-order valence-corrected chi connectivity index (χ3v) is 3.85. The minimum absolute atomic E-state index is 0.115. The molecule has 0 saturated carbocycles. The van der Waals surface area contributed by atoms with E-state index in [-0.39, 0.29) is 12.1 Å². The van der Waals surface area contributed by atoms with E-state index in [0.717, 1.165) is 6.07 Å². The van der Waals surface area contributed by atoms with Crippen molar-refractivity contribution in [2.75, 3.05) is 5.32 Å². The van der Waals surface area contributed by atoms with E-state index in [4.69, 9.17) is 40.5 Å². The fraction of sp³-hybridized carbons (Fsp3) is 0.0714. The van der Waals surface area contributed by atoms with E-state index in [1.165, 1.54) is 18.2 Å². The third-order valence-electron chi connectivity index (χ3n) is 2.82. The van der Waals surface area contributed by atoms with Crippen molar-refractivity contribution in [3.05, 3.63) is 62.3 Å². The van der Waals surface area contributed by atoms with Crippen molar-refractivity contribution in [1.82, 2.24) is 0 Å². The molecule has 1 amide bonds. The van der Waals surface area contributed by atoms with Crippen molar-refractivity contribution < 1.29 is 9.18 Å². The number of carbonyl (C=O) groups excluding carboxylic acids is 1. The summed E-state index contributed by atoms with van der Waals surface area (Å²) in [4.78, 5) is 11.0. The molecule has 0 radical (unpaired) electrons. The Morgan fingerprint density at radius 2 is 1.76 bits per heavy atom. The highest BCUT2D eigenvalue weighted by atomic mass is 35.5. The van der Waals surface area contributed by atoms with Crippen LogP contribution in [0.25, 0.3) is 0 Å². The molecule has 0 spiro atoms. The van der Waals surface area contributed by atoms with Crippen LogP contribution in [0.5, 0.6) is 0 Å². The summed E-state index contributed by atoms with van der Waals surface area (Å²) in [5, 5.41) is 4.01. The monoisotopic (exact) mass is 346 g/mol. The van der Waals surface area contributed by atoms with Crippen LogP contribution in [0.15, 0.2) is 30.3 Å². The van der Waals surface area contributed by atoms with E-state index in [2.05, 4.69) is 5.32 Å². The Kier molecular flexibility index (Phi) is 4.93. The Hall–Kier alpha value is -1.49. The number of hydrogen-bond donors (Lipinski definition) is 2. The molecule has 0 heterocycles. The lowest BCUT2D eigenvalue weighted by Crippen LogP contribution is -2.12. The molecule has 0 fully saturated rings. The average molecular weight is 348 g/mol. The van der Waals surface area contributed by atoms with Crippen LogP contribution >= 0.6 is 34.8 Å². The predicted octanol–water partition coefficient (Wildman–Crippen LogP) is 4.50. The molecule has 0 aromatic heterocycles. The molecule has 0 atom stereocenters. The second kappa shape index (κ2) is 6.52. The van der Waals surface area contributed by atoms with E-state index in [1.54, 1.807) is 6.07 Å². The zero-order chi connectivity index (χ0) is 15.6. The number of rotatable bonds is 4. The number of primary amides is 1. The maximum Gasteiger partial charge on any atom is 0.248 e. The highest BCUT2D eigenvalue weighted by molar-refractivity contribution is 6.44. The molecule has 2 rings (SSSR count). The largest absolute Gasteiger partial charge is 0.380 e. The van der Waals surface area contributed by atoms with Gasteiger partial charge in [-0.3, -0.25) is 4.79 Å². The van der Waals surface area contributed by atoms with Crippen LogP contribution in [0, 0.1) is 5.82 Å². The molecule has 0 aliphatic carbocycles. The van der Waals surface area contributed by atoms with Gasteiger partial charge in [0.25, 0.3) is 0 Å². The van der Waals surface area contributed by atoms with E-state index < -0.39 is 11.7 Å². The van der Waals surface area contributed by atoms with E-state index in [0.29, 0.717) is 26.3 Å². The Morgan fingerprint density at radius 1 is 1.10 bits per heavy atom. The third kappa shape index (κ3) is 3.79. The summed E-state index contributed by atoms with van der Waals surface area (Å²) in [7, 11) is 0. The first kappa shape index (κ1) is 15.9. The summed E-state index contributed by atoms with van der Waals surface area (Å²) < 4.78 is 13.8. The number of carbonyl (C=O) groups is 1. The van der Waals surface area contributed by atoms with E-state index in [9.17, 15) is 9.18 Å². The van der Waals surface area contributed by atoms with Gasteiger partial charge >= 0.3 is 0 Å². The maximum atomic E-state index is 13.8. The number of anilines is 1. The quantitative estimate of drug-likeness (QED) is 0.800. The number of nitrogens with two attached hydrogens (primary N) is 1. The summed E-state index contributed by atoms with van der Waals surface area (Å²) in [6, 6.07) is 7.09. The summed E-state index contributed by atoms with van der Waals surface area (Å²) in [5.74, 6) is -1.21. The van der Waals surface area contributed by atoms with Crippen LogP contribution in [-0.4, -0.2) is 5.91 Å². The van der Waals surface area contributed by atoms with Crippen molar-refractivity contribution in [2.45, 2.75) is 6.54 Å². The Morgan fingerprint density at radius 3 is 2.38 bits per heavy atom. The SMILES string of the molecule is NC(=O)c1ccc(CNc2cc(Cl)c(Cl)cc2Cl)c(F)c1. The van der Waals surface area contributed by atoms with Crippen molar-refractivity contribution in [3.63, 3.8) is 0 Å². The lowest BCUT2D eigenvalue weighted by Gasteiger charge is -2.11. The van der Waals surface area contributed by atoms with Gasteiger partial charge in [0.05, 0.1) is 20.8 Å². The van der Waals surface area contributed by atoms with Gasteiger partial charge < -0.3 is 11.1 Å². The molecule has 0 aliphatic rings. The molecule has 110 valence electrons. The highest BCUT2D eigenvalue weighted by Gasteiger charge is 2.09. The normalized spacial score (nSPS) is 10.5. The van der Waals surface area contributed by atoms with Gasteiger partial charge in [0, 0.05) is 17.7 Å². The Balaban J connectivity index is 2.17. The minimum Gasteiger partial charge on any atom is -0.380 e. The van der Waals surface area contributed by atoms with Crippen molar-refractivity contribution in [1.29, 1.82) is 0 Å². The molecule has 0 aliphatic heterocycles. The molecule has 2 aromatic rings. The Labute approximate surface area is 135 Å². The van der Waals surface area contributed by atoms with Gasteiger partial charge in [0.15, 0.2) is 0 Å². The van der Waals surface area contributed by atoms with Gasteiger partial charge in [0.2, 0.25) is 5.91 Å². The van der Waals surface area contributed by atoms with Crippen molar-refractivity contribution >= 4 is 46.4 Å². The van der Waals surface area contributed by atoms with Crippen LogP contribution in [0.3, 0.4) is 0 Å². The smallest absolute Gasteiger partial charge is 0.248 e. The Bertz CT molecular complexity index is 707. The van der Waals surface area contributed by atoms with Gasteiger partial charge in [0.1, 0.15) is 5.82 Å². The lowest BCUT2D eigenvalue weighted by atomic mass is 10.1. The van der Waals surface area contributed by atoms with Gasteiger partial charge in [-0.2, -0.15) is 0 Å². The first-order valence-electron chi connectivity index (χ1n) is 5.85. The molecule has 2 aromatic carbocycles. The van der Waals surface area contributed by atoms with E-state index in [1.807, 2.05) is 0 Å². The predicted molar refractivity (Wildman–Crippen MR) is 83.7 cm³/mol. The number of nitrogens with one attached hydrogen (secondary N) is 1. The average Bonchev–Trinajstić information content (AvgIpc) is 2.42. The van der Waals surface area contributed by atoms with E-state index >= 15 is 0 Å². The zero-order valence-corrected chi connectivity index (χ0v) is 12.9. The molecule has 0 saturated heterocycles. The summed E-state index contributed by atoms with van der Waals surface area (Å²) in [6.07, 6.45) is 0. The van der Waals surface area contributed by atoms with Crippen LogP contribution < -0.4 is 11.1 Å². The van der Waals surface area contributed by atoms with Crippen LogP contribution in [0.2, 0.25) is 15.1 Å². The van der Waals surface area contributed by atoms with Crippen molar-refractivity contribution in [3.8, 4) is 0 Å². The topological polar surface area (TPSA) is 55.1 Å². The second-order valence-corrected chi connectivity index (χ2v) is 5.49. The molecule has 3 nitrogen and oxygen atoms in total. The molecule has 21 heavy (non-hydrogen) atoms. The molecule has 7 heteroatoms. The fourth-order valence-corrected chi connectivity index (χ4v) is 2.31. The standard InChI is InChI=1S/C14H10Cl3FN2O/c15-9-4-11(17)13(5-10(9)16)20-6-8-2-1-7(14(19)21)3-12(8)18/h1-5,20H,6H2,(H2,19,21). The second-order valence-electron chi connectivity index (χ2n) is 4.27. The number of halogens is 4. The maximum absolute atomic E-state index is 13.8. The van der Waals surface area contributed by atoms with Gasteiger partial charge in [-0.15, -0.1) is 0 Å². The molecule has 3 N–H and O–H groups in total. The van der Waals surface area contributed by atoms with Crippen LogP contribution in [0.1, 0.15) is 15.9 Å². The first-order valence-corrected chi connectivity index (χ1v) is 6.98. The lowest BCUT2D eigenvalue weighted by molar-refractivity contribution is 0.1000. The fourth-order valence-electron chi connectivity index (χ4n) is 1.69. The van der Waals surface area contributed by atoms with Crippen LogP contribution in [-0.2, 0) is 6.54 Å². The molecule has 0 bridgehead atoms. The van der Waals surface area contributed by atoms with Crippen LogP contribution in [0.4, 0.5) is 10.1 Å². The number of amides is 1. The summed E-state index contributed by atoms with van der Waals surface area (Å²) in [5.41, 5.74) is 6.09. The summed E-state index contributed by atoms with van der Waals surface area (Å²) in [6.45, 7) is 0.169. The zero-order valence-electron chi connectivity index (χ0n) is 10.6. The first-order chi connectivity index (χ1) is 9.88. The minimum atomic E-state index is -0.680.